The highest BCUT2D eigenvalue weighted by molar-refractivity contribution is 7.55. The molecule has 0 aromatic rings. The van der Waals surface area contributed by atoms with Crippen LogP contribution >= 0.6 is 7.60 Å². The van der Waals surface area contributed by atoms with Crippen LogP contribution in [0.25, 0.3) is 0 Å². The van der Waals surface area contributed by atoms with Crippen molar-refractivity contribution < 1.29 is 31.9 Å². The van der Waals surface area contributed by atoms with Crippen LogP contribution in [0, 0.1) is 11.3 Å². The number of rotatable bonds is 7. The molecule has 2 atom stereocenters. The monoisotopic (exact) mass is 368 g/mol. The van der Waals surface area contributed by atoms with E-state index in [-0.39, 0.29) is 26.1 Å². The van der Waals surface area contributed by atoms with Gasteiger partial charge in [0, 0.05) is 0 Å². The first-order chi connectivity index (χ1) is 11.0. The summed E-state index contributed by atoms with van der Waals surface area (Å²) in [6, 6.07) is 0. The molecule has 0 saturated heterocycles. The van der Waals surface area contributed by atoms with Gasteiger partial charge in [0.2, 0.25) is 0 Å². The van der Waals surface area contributed by atoms with Gasteiger partial charge in [-0.05, 0) is 53.5 Å². The van der Waals surface area contributed by atoms with Crippen LogP contribution in [-0.4, -0.2) is 31.0 Å². The Labute approximate surface area is 142 Å². The molecular weight excluding hydrogens is 341 g/mol. The van der Waals surface area contributed by atoms with E-state index in [1.54, 1.807) is 20.8 Å². The zero-order chi connectivity index (χ0) is 18.6. The van der Waals surface area contributed by atoms with Crippen LogP contribution in [0.5, 0.6) is 0 Å². The minimum atomic E-state index is -4.56. The molecule has 0 radical (unpaired) electrons. The van der Waals surface area contributed by atoms with Crippen molar-refractivity contribution in [2.75, 3.05) is 13.2 Å². The summed E-state index contributed by atoms with van der Waals surface area (Å²) in [6.07, 6.45) is 2.37. The van der Waals surface area contributed by atoms with Gasteiger partial charge in [-0.3, -0.25) is 9.36 Å². The minimum Gasteiger partial charge on any atom is -0.458 e. The van der Waals surface area contributed by atoms with Gasteiger partial charge < -0.3 is 13.8 Å². The van der Waals surface area contributed by atoms with Crippen molar-refractivity contribution in [3.63, 3.8) is 0 Å². The van der Waals surface area contributed by atoms with Crippen molar-refractivity contribution in [1.29, 1.82) is 0 Å². The first-order valence-electron chi connectivity index (χ1n) is 8.14. The van der Waals surface area contributed by atoms with Gasteiger partial charge in [0.15, 0.2) is 0 Å². The summed E-state index contributed by atoms with van der Waals surface area (Å²) in [7, 11) is -4.56. The molecule has 0 N–H and O–H groups in total. The number of allylic oxidation sites excluding steroid dienone is 1. The second-order valence-electron chi connectivity index (χ2n) is 6.68. The normalized spacial score (nSPS) is 22.5. The van der Waals surface area contributed by atoms with Gasteiger partial charge in [-0.1, -0.05) is 6.08 Å². The molecule has 0 aromatic carbocycles. The maximum Gasteiger partial charge on any atom is 0.400 e. The quantitative estimate of drug-likeness (QED) is 0.368. The molecule has 24 heavy (non-hydrogen) atoms. The van der Waals surface area contributed by atoms with Crippen LogP contribution in [0.3, 0.4) is 0 Å². The first kappa shape index (κ1) is 21.3. The zero-order valence-electron chi connectivity index (χ0n) is 14.9. The summed E-state index contributed by atoms with van der Waals surface area (Å²) in [6.45, 7) is 7.88. The molecule has 0 heterocycles. The summed E-state index contributed by atoms with van der Waals surface area (Å²) >= 11 is 0. The second-order valence-corrected chi connectivity index (χ2v) is 8.79. The van der Waals surface area contributed by atoms with Crippen LogP contribution in [-0.2, 0) is 23.1 Å². The average Bonchev–Trinajstić information content (AvgIpc) is 2.47. The van der Waals surface area contributed by atoms with Crippen molar-refractivity contribution >= 4 is 13.6 Å². The molecule has 1 rings (SSSR count). The Kier molecular flexibility index (Phi) is 7.15. The third kappa shape index (κ3) is 4.87. The summed E-state index contributed by atoms with van der Waals surface area (Å²) in [5, 5.41) is 0. The molecule has 0 bridgehead atoms. The first-order valence-corrected chi connectivity index (χ1v) is 9.68. The molecule has 0 aliphatic heterocycles. The van der Waals surface area contributed by atoms with Gasteiger partial charge in [-0.2, -0.15) is 8.78 Å². The number of carbonyl (C=O) groups excluding carboxylic acids is 1. The van der Waals surface area contributed by atoms with Crippen molar-refractivity contribution in [2.24, 2.45) is 11.3 Å². The van der Waals surface area contributed by atoms with E-state index in [1.165, 1.54) is 26.0 Å². The third-order valence-electron chi connectivity index (χ3n) is 3.60. The standard InChI is InChI=1S/C16H27F2O5P/c1-6-21-24(20,22-7-2)16(17,18)12-8-10-13(11-9-12)23-14(19)15(3,4)5/h8,10,12-13H,6-7,9,11H2,1-5H3/t12-,13-/m1/s1. The van der Waals surface area contributed by atoms with Crippen LogP contribution in [0.4, 0.5) is 8.78 Å². The number of hydrogen-bond donors (Lipinski definition) is 0. The zero-order valence-corrected chi connectivity index (χ0v) is 15.8. The lowest BCUT2D eigenvalue weighted by molar-refractivity contribution is -0.157. The number of carbonyl (C=O) groups is 1. The fraction of sp³-hybridized carbons (Fsp3) is 0.812. The SMILES string of the molecule is CCOP(=O)(OCC)C(F)(F)[C@@H]1C=C[C@@H](OC(=O)C(C)(C)C)CC1. The van der Waals surface area contributed by atoms with Gasteiger partial charge in [-0.25, -0.2) is 0 Å². The average molecular weight is 368 g/mol. The third-order valence-corrected chi connectivity index (χ3v) is 5.86. The lowest BCUT2D eigenvalue weighted by Gasteiger charge is -2.33. The largest absolute Gasteiger partial charge is 0.458 e. The van der Waals surface area contributed by atoms with E-state index >= 15 is 0 Å². The van der Waals surface area contributed by atoms with Crippen molar-refractivity contribution in [1.82, 2.24) is 0 Å². The fourth-order valence-electron chi connectivity index (χ4n) is 2.25. The van der Waals surface area contributed by atoms with Crippen molar-refractivity contribution in [3.8, 4) is 0 Å². The number of alkyl halides is 2. The van der Waals surface area contributed by atoms with E-state index in [2.05, 4.69) is 0 Å². The molecule has 0 fully saturated rings. The second kappa shape index (κ2) is 8.07. The lowest BCUT2D eigenvalue weighted by Crippen LogP contribution is -2.34. The number of ether oxygens (including phenoxy) is 1. The molecular formula is C16H27F2O5P. The van der Waals surface area contributed by atoms with Gasteiger partial charge in [0.05, 0.1) is 24.5 Å². The van der Waals surface area contributed by atoms with E-state index in [9.17, 15) is 18.1 Å². The molecule has 0 amide bonds. The van der Waals surface area contributed by atoms with Crippen LogP contribution in [0.1, 0.15) is 47.5 Å². The fourth-order valence-corrected chi connectivity index (χ4v) is 3.97. The molecule has 8 heteroatoms. The molecule has 140 valence electrons. The van der Waals surface area contributed by atoms with E-state index in [0.717, 1.165) is 0 Å². The van der Waals surface area contributed by atoms with E-state index < -0.39 is 36.7 Å². The highest BCUT2D eigenvalue weighted by Crippen LogP contribution is 2.65. The van der Waals surface area contributed by atoms with Gasteiger partial charge >= 0.3 is 19.2 Å². The van der Waals surface area contributed by atoms with E-state index in [1.807, 2.05) is 0 Å². The molecule has 1 aliphatic carbocycles. The minimum absolute atomic E-state index is 0.0235. The Bertz CT molecular complexity index is 503. The smallest absolute Gasteiger partial charge is 0.400 e. The predicted octanol–water partition coefficient (Wildman–Crippen LogP) is 4.77. The molecule has 0 aromatic heterocycles. The highest BCUT2D eigenvalue weighted by Gasteiger charge is 2.58. The van der Waals surface area contributed by atoms with Crippen LogP contribution in [0.2, 0.25) is 0 Å². The Morgan fingerprint density at radius 3 is 2.04 bits per heavy atom. The molecule has 0 unspecified atom stereocenters. The van der Waals surface area contributed by atoms with E-state index in [4.69, 9.17) is 13.8 Å². The molecule has 0 spiro atoms. The Hall–Kier alpha value is -0.780. The summed E-state index contributed by atoms with van der Waals surface area (Å²) < 4.78 is 56.6. The van der Waals surface area contributed by atoms with Gasteiger partial charge in [-0.15, -0.1) is 0 Å². The highest BCUT2D eigenvalue weighted by atomic mass is 31.2. The van der Waals surface area contributed by atoms with Crippen molar-refractivity contribution in [2.45, 2.75) is 59.2 Å². The topological polar surface area (TPSA) is 61.8 Å². The summed E-state index contributed by atoms with van der Waals surface area (Å²) in [5.74, 6) is -1.68. The molecule has 0 saturated carbocycles. The maximum atomic E-state index is 14.6. The van der Waals surface area contributed by atoms with Gasteiger partial charge in [0.25, 0.3) is 0 Å². The predicted molar refractivity (Wildman–Crippen MR) is 87.0 cm³/mol. The molecule has 1 aliphatic rings. The summed E-state index contributed by atoms with van der Waals surface area (Å²) in [4.78, 5) is 11.9. The Balaban J connectivity index is 2.84. The Morgan fingerprint density at radius 2 is 1.67 bits per heavy atom. The van der Waals surface area contributed by atoms with Crippen molar-refractivity contribution in [3.05, 3.63) is 12.2 Å². The maximum absolute atomic E-state index is 14.6. The number of halogens is 2. The van der Waals surface area contributed by atoms with Crippen LogP contribution in [0.15, 0.2) is 12.2 Å². The molecule has 5 nitrogen and oxygen atoms in total. The van der Waals surface area contributed by atoms with Crippen LogP contribution < -0.4 is 0 Å². The number of hydrogen-bond acceptors (Lipinski definition) is 5. The van der Waals surface area contributed by atoms with E-state index in [0.29, 0.717) is 0 Å². The number of esters is 1. The summed E-state index contributed by atoms with van der Waals surface area (Å²) in [5.41, 5.74) is -4.29. The lowest BCUT2D eigenvalue weighted by atomic mass is 9.93. The Morgan fingerprint density at radius 1 is 1.12 bits per heavy atom. The van der Waals surface area contributed by atoms with Gasteiger partial charge in [0.1, 0.15) is 6.10 Å².